The molecule has 3 nitrogen and oxygen atoms in total. The zero-order chi connectivity index (χ0) is 13.6. The van der Waals surface area contributed by atoms with Crippen molar-refractivity contribution in [3.63, 3.8) is 0 Å². The minimum atomic E-state index is -0.740. The third-order valence-corrected chi connectivity index (χ3v) is 3.86. The summed E-state index contributed by atoms with van der Waals surface area (Å²) >= 11 is 6.20. The van der Waals surface area contributed by atoms with E-state index in [9.17, 15) is 13.6 Å². The Hall–Kier alpha value is -1.86. The number of thiophene rings is 1. The van der Waals surface area contributed by atoms with Gasteiger partial charge in [-0.1, -0.05) is 6.07 Å². The molecule has 3 rings (SSSR count). The molecule has 0 aliphatic carbocycles. The standard InChI is InChI=1S/C12H6F2N2OS2/c13-6-2-1-3-7(14)9(6)16-8-4-5-19-10(8)11(17)15-12(16)18/h1-5H,(H,15,17,18). The summed E-state index contributed by atoms with van der Waals surface area (Å²) in [5.41, 5.74) is -0.252. The summed E-state index contributed by atoms with van der Waals surface area (Å²) < 4.78 is 29.2. The summed E-state index contributed by atoms with van der Waals surface area (Å²) in [6, 6.07) is 5.16. The van der Waals surface area contributed by atoms with Gasteiger partial charge in [0.25, 0.3) is 5.56 Å². The van der Waals surface area contributed by atoms with Crippen LogP contribution >= 0.6 is 23.6 Å². The van der Waals surface area contributed by atoms with Crippen LogP contribution in [0.1, 0.15) is 0 Å². The first-order valence-corrected chi connectivity index (χ1v) is 6.55. The first-order valence-electron chi connectivity index (χ1n) is 5.26. The maximum atomic E-state index is 13.9. The molecule has 2 heterocycles. The highest BCUT2D eigenvalue weighted by atomic mass is 32.1. The Morgan fingerprint density at radius 3 is 2.58 bits per heavy atom. The fourth-order valence-corrected chi connectivity index (χ4v) is 2.95. The quantitative estimate of drug-likeness (QED) is 0.699. The van der Waals surface area contributed by atoms with Crippen molar-refractivity contribution >= 4 is 33.8 Å². The number of hydrogen-bond donors (Lipinski definition) is 1. The number of benzene rings is 1. The van der Waals surface area contributed by atoms with Crippen molar-refractivity contribution in [1.82, 2.24) is 9.55 Å². The molecular formula is C12H6F2N2OS2. The van der Waals surface area contributed by atoms with E-state index in [4.69, 9.17) is 12.2 Å². The summed E-state index contributed by atoms with van der Waals surface area (Å²) in [6.45, 7) is 0. The monoisotopic (exact) mass is 296 g/mol. The molecule has 0 saturated carbocycles. The van der Waals surface area contributed by atoms with Crippen molar-refractivity contribution in [3.05, 3.63) is 56.4 Å². The lowest BCUT2D eigenvalue weighted by atomic mass is 10.2. The molecule has 1 N–H and O–H groups in total. The Kier molecular flexibility index (Phi) is 2.79. The van der Waals surface area contributed by atoms with Gasteiger partial charge < -0.3 is 0 Å². The number of aromatic nitrogens is 2. The van der Waals surface area contributed by atoms with Crippen LogP contribution in [0.3, 0.4) is 0 Å². The van der Waals surface area contributed by atoms with Crippen LogP contribution in [-0.4, -0.2) is 9.55 Å². The van der Waals surface area contributed by atoms with Crippen molar-refractivity contribution in [2.24, 2.45) is 0 Å². The first kappa shape index (κ1) is 12.2. The van der Waals surface area contributed by atoms with E-state index in [2.05, 4.69) is 4.98 Å². The van der Waals surface area contributed by atoms with Crippen LogP contribution in [0.4, 0.5) is 8.78 Å². The summed E-state index contributed by atoms with van der Waals surface area (Å²) in [5, 5.41) is 1.67. The molecule has 3 aromatic rings. The van der Waals surface area contributed by atoms with Gasteiger partial charge in [0.1, 0.15) is 22.0 Å². The zero-order valence-corrected chi connectivity index (χ0v) is 10.9. The number of hydrogen-bond acceptors (Lipinski definition) is 3. The summed E-state index contributed by atoms with van der Waals surface area (Å²) in [6.07, 6.45) is 0. The van der Waals surface area contributed by atoms with Crippen molar-refractivity contribution in [1.29, 1.82) is 0 Å². The van der Waals surface area contributed by atoms with E-state index >= 15 is 0 Å². The average molecular weight is 296 g/mol. The van der Waals surface area contributed by atoms with Crippen molar-refractivity contribution in [2.75, 3.05) is 0 Å². The van der Waals surface area contributed by atoms with Crippen LogP contribution in [0.2, 0.25) is 0 Å². The van der Waals surface area contributed by atoms with Gasteiger partial charge in [-0.05, 0) is 35.8 Å². The van der Waals surface area contributed by atoms with E-state index in [1.807, 2.05) is 0 Å². The van der Waals surface area contributed by atoms with E-state index in [-0.39, 0.29) is 16.0 Å². The second-order valence-corrected chi connectivity index (χ2v) is 5.10. The predicted molar refractivity (Wildman–Crippen MR) is 72.5 cm³/mol. The lowest BCUT2D eigenvalue weighted by Gasteiger charge is -2.10. The summed E-state index contributed by atoms with van der Waals surface area (Å²) in [4.78, 5) is 14.1. The van der Waals surface area contributed by atoms with Crippen molar-refractivity contribution in [2.45, 2.75) is 0 Å². The van der Waals surface area contributed by atoms with E-state index in [0.29, 0.717) is 10.2 Å². The average Bonchev–Trinajstić information content (AvgIpc) is 2.82. The van der Waals surface area contributed by atoms with Crippen LogP contribution in [0, 0.1) is 16.4 Å². The number of nitrogens with one attached hydrogen (secondary N) is 1. The third kappa shape index (κ3) is 1.82. The van der Waals surface area contributed by atoms with Crippen LogP contribution in [0.15, 0.2) is 34.4 Å². The van der Waals surface area contributed by atoms with Gasteiger partial charge >= 0.3 is 0 Å². The van der Waals surface area contributed by atoms with Gasteiger partial charge in [0.15, 0.2) is 4.77 Å². The van der Waals surface area contributed by atoms with Gasteiger partial charge in [0, 0.05) is 0 Å². The lowest BCUT2D eigenvalue weighted by Crippen LogP contribution is -2.13. The highest BCUT2D eigenvalue weighted by Gasteiger charge is 2.15. The van der Waals surface area contributed by atoms with Crippen LogP contribution in [0.5, 0.6) is 0 Å². The summed E-state index contributed by atoms with van der Waals surface area (Å²) in [5.74, 6) is -1.48. The largest absolute Gasteiger partial charge is 0.298 e. The molecule has 0 amide bonds. The predicted octanol–water partition coefficient (Wildman–Crippen LogP) is 3.39. The van der Waals surface area contributed by atoms with Gasteiger partial charge in [-0.15, -0.1) is 11.3 Å². The molecule has 0 saturated heterocycles. The van der Waals surface area contributed by atoms with E-state index in [1.54, 1.807) is 11.4 Å². The van der Waals surface area contributed by atoms with Gasteiger partial charge in [-0.25, -0.2) is 8.78 Å². The lowest BCUT2D eigenvalue weighted by molar-refractivity contribution is 0.569. The molecule has 0 aliphatic heterocycles. The SMILES string of the molecule is O=c1[nH]c(=S)n(-c2c(F)cccc2F)c2ccsc12. The second kappa shape index (κ2) is 4.36. The molecule has 0 aliphatic rings. The molecule has 0 unspecified atom stereocenters. The minimum absolute atomic E-state index is 0.0418. The molecular weight excluding hydrogens is 290 g/mol. The first-order chi connectivity index (χ1) is 9.09. The Morgan fingerprint density at radius 1 is 1.21 bits per heavy atom. The zero-order valence-electron chi connectivity index (χ0n) is 9.31. The fourth-order valence-electron chi connectivity index (χ4n) is 1.89. The van der Waals surface area contributed by atoms with Crippen LogP contribution in [-0.2, 0) is 0 Å². The number of para-hydroxylation sites is 1. The molecule has 7 heteroatoms. The minimum Gasteiger partial charge on any atom is -0.298 e. The van der Waals surface area contributed by atoms with Gasteiger partial charge in [0.2, 0.25) is 0 Å². The van der Waals surface area contributed by atoms with Crippen molar-refractivity contribution in [3.8, 4) is 5.69 Å². The van der Waals surface area contributed by atoms with Crippen LogP contribution < -0.4 is 5.56 Å². The third-order valence-electron chi connectivity index (χ3n) is 2.68. The number of halogens is 2. The number of aromatic amines is 1. The summed E-state index contributed by atoms with van der Waals surface area (Å²) in [7, 11) is 0. The number of fused-ring (bicyclic) bond motifs is 1. The Morgan fingerprint density at radius 2 is 1.89 bits per heavy atom. The van der Waals surface area contributed by atoms with Gasteiger partial charge in [-0.2, -0.15) is 0 Å². The second-order valence-electron chi connectivity index (χ2n) is 3.80. The molecule has 19 heavy (non-hydrogen) atoms. The Balaban J connectivity index is 2.54. The molecule has 0 radical (unpaired) electrons. The highest BCUT2D eigenvalue weighted by molar-refractivity contribution is 7.71. The maximum absolute atomic E-state index is 13.9. The van der Waals surface area contributed by atoms with Crippen molar-refractivity contribution < 1.29 is 8.78 Å². The highest BCUT2D eigenvalue weighted by Crippen LogP contribution is 2.24. The molecule has 0 atom stereocenters. The Bertz CT molecular complexity index is 874. The molecule has 2 aromatic heterocycles. The molecule has 0 spiro atoms. The number of nitrogens with zero attached hydrogens (tertiary/aromatic N) is 1. The van der Waals surface area contributed by atoms with Gasteiger partial charge in [-0.3, -0.25) is 14.3 Å². The van der Waals surface area contributed by atoms with Crippen LogP contribution in [0.25, 0.3) is 15.9 Å². The van der Waals surface area contributed by atoms with E-state index in [0.717, 1.165) is 12.1 Å². The topological polar surface area (TPSA) is 37.8 Å². The number of rotatable bonds is 1. The maximum Gasteiger partial charge on any atom is 0.269 e. The molecule has 96 valence electrons. The van der Waals surface area contributed by atoms with E-state index < -0.39 is 11.6 Å². The molecule has 1 aromatic carbocycles. The molecule has 0 bridgehead atoms. The molecule has 0 fully saturated rings. The van der Waals surface area contributed by atoms with Gasteiger partial charge in [0.05, 0.1) is 5.52 Å². The fraction of sp³-hybridized carbons (Fsp3) is 0. The Labute approximate surface area is 114 Å². The smallest absolute Gasteiger partial charge is 0.269 e. The number of H-pyrrole nitrogens is 1. The van der Waals surface area contributed by atoms with E-state index in [1.165, 1.54) is 22.0 Å². The normalized spacial score (nSPS) is 11.1.